The van der Waals surface area contributed by atoms with Crippen LogP contribution in [0.3, 0.4) is 0 Å². The monoisotopic (exact) mass is 249 g/mol. The molecule has 18 heavy (non-hydrogen) atoms. The summed E-state index contributed by atoms with van der Waals surface area (Å²) in [4.78, 5) is 0. The van der Waals surface area contributed by atoms with Crippen molar-refractivity contribution in [3.8, 4) is 0 Å². The second-order valence-electron chi connectivity index (χ2n) is 5.81. The molecule has 2 rings (SSSR count). The van der Waals surface area contributed by atoms with Crippen LogP contribution >= 0.6 is 0 Å². The van der Waals surface area contributed by atoms with Gasteiger partial charge in [-0.1, -0.05) is 20.8 Å². The summed E-state index contributed by atoms with van der Waals surface area (Å²) in [7, 11) is 0. The van der Waals surface area contributed by atoms with Crippen LogP contribution in [0.1, 0.15) is 51.9 Å². The summed E-state index contributed by atoms with van der Waals surface area (Å²) in [5, 5.41) is 8.42. The average Bonchev–Trinajstić information content (AvgIpc) is 2.97. The zero-order valence-electron chi connectivity index (χ0n) is 12.3. The maximum Gasteiger partial charge on any atom is 0.0624 e. The van der Waals surface area contributed by atoms with Crippen molar-refractivity contribution >= 4 is 0 Å². The minimum absolute atomic E-state index is 0.290. The molecule has 102 valence electrons. The first-order chi connectivity index (χ1) is 8.61. The summed E-state index contributed by atoms with van der Waals surface area (Å²) in [5.41, 5.74) is 2.92. The number of hydrogen-bond acceptors (Lipinski definition) is 2. The molecule has 1 aliphatic rings. The van der Waals surface area contributed by atoms with Gasteiger partial charge in [-0.15, -0.1) is 0 Å². The Balaban J connectivity index is 2.23. The van der Waals surface area contributed by atoms with Crippen molar-refractivity contribution in [2.75, 3.05) is 6.54 Å². The fourth-order valence-corrected chi connectivity index (χ4v) is 3.10. The third-order valence-corrected chi connectivity index (χ3v) is 4.45. The van der Waals surface area contributed by atoms with Crippen molar-refractivity contribution in [2.45, 2.75) is 65.5 Å². The highest BCUT2D eigenvalue weighted by Crippen LogP contribution is 2.31. The van der Waals surface area contributed by atoms with E-state index in [4.69, 9.17) is 0 Å². The minimum atomic E-state index is 0.290. The molecule has 1 N–H and O–H groups in total. The van der Waals surface area contributed by atoms with Gasteiger partial charge in [0.25, 0.3) is 0 Å². The smallest absolute Gasteiger partial charge is 0.0624 e. The highest BCUT2D eigenvalue weighted by Gasteiger charge is 2.37. The van der Waals surface area contributed by atoms with E-state index in [0.29, 0.717) is 5.92 Å². The molecule has 0 radical (unpaired) electrons. The molecular formula is C15H27N3. The molecule has 3 heteroatoms. The van der Waals surface area contributed by atoms with E-state index in [-0.39, 0.29) is 5.54 Å². The van der Waals surface area contributed by atoms with Crippen LogP contribution in [0.4, 0.5) is 0 Å². The van der Waals surface area contributed by atoms with Crippen LogP contribution in [-0.2, 0) is 19.4 Å². The van der Waals surface area contributed by atoms with E-state index >= 15 is 0 Å². The van der Waals surface area contributed by atoms with E-state index in [1.807, 2.05) is 0 Å². The number of nitrogens with zero attached hydrogens (tertiary/aromatic N) is 2. The lowest BCUT2D eigenvalue weighted by Crippen LogP contribution is -2.47. The van der Waals surface area contributed by atoms with Gasteiger partial charge in [0.1, 0.15) is 0 Å². The van der Waals surface area contributed by atoms with Gasteiger partial charge in [-0.3, -0.25) is 4.68 Å². The first kappa shape index (κ1) is 13.6. The third kappa shape index (κ3) is 2.46. The number of hydrogen-bond donors (Lipinski definition) is 1. The number of rotatable bonds is 5. The van der Waals surface area contributed by atoms with Crippen molar-refractivity contribution in [3.63, 3.8) is 0 Å². The van der Waals surface area contributed by atoms with Gasteiger partial charge in [-0.2, -0.15) is 5.10 Å². The average molecular weight is 249 g/mol. The number of aryl methyl sites for hydroxylation is 2. The fourth-order valence-electron chi connectivity index (χ4n) is 3.10. The van der Waals surface area contributed by atoms with Crippen molar-refractivity contribution in [2.24, 2.45) is 5.92 Å². The van der Waals surface area contributed by atoms with Gasteiger partial charge in [0, 0.05) is 24.2 Å². The SMILES string of the molecule is CCc1cc(CC2(C(C)C)CCCN2)n(CC)n1. The standard InChI is InChI=1S/C15H27N3/c1-5-13-10-14(18(6-2)17-13)11-15(12(3)4)8-7-9-16-15/h10,12,16H,5-9,11H2,1-4H3. The molecule has 0 aliphatic carbocycles. The van der Waals surface area contributed by atoms with Gasteiger partial charge >= 0.3 is 0 Å². The third-order valence-electron chi connectivity index (χ3n) is 4.45. The van der Waals surface area contributed by atoms with E-state index in [1.54, 1.807) is 0 Å². The first-order valence-corrected chi connectivity index (χ1v) is 7.42. The normalized spacial score (nSPS) is 24.1. The van der Waals surface area contributed by atoms with Crippen molar-refractivity contribution in [1.29, 1.82) is 0 Å². The van der Waals surface area contributed by atoms with Gasteiger partial charge in [-0.05, 0) is 44.7 Å². The molecular weight excluding hydrogens is 222 g/mol. The molecule has 0 aromatic carbocycles. The van der Waals surface area contributed by atoms with Gasteiger partial charge < -0.3 is 5.32 Å². The largest absolute Gasteiger partial charge is 0.311 e. The number of aromatic nitrogens is 2. The highest BCUT2D eigenvalue weighted by atomic mass is 15.3. The predicted octanol–water partition coefficient (Wildman–Crippen LogP) is 2.79. The molecule has 0 amide bonds. The molecule has 1 aromatic rings. The van der Waals surface area contributed by atoms with Crippen LogP contribution in [0, 0.1) is 5.92 Å². The predicted molar refractivity (Wildman–Crippen MR) is 75.8 cm³/mol. The molecule has 1 saturated heterocycles. The van der Waals surface area contributed by atoms with Crippen LogP contribution in [0.15, 0.2) is 6.07 Å². The Morgan fingerprint density at radius 1 is 1.44 bits per heavy atom. The molecule has 1 atom stereocenters. The maximum absolute atomic E-state index is 4.67. The Morgan fingerprint density at radius 2 is 2.22 bits per heavy atom. The second-order valence-corrected chi connectivity index (χ2v) is 5.81. The maximum atomic E-state index is 4.67. The van der Waals surface area contributed by atoms with E-state index in [0.717, 1.165) is 19.4 Å². The van der Waals surface area contributed by atoms with Crippen LogP contribution in [0.25, 0.3) is 0 Å². The Labute approximate surface area is 111 Å². The molecule has 0 bridgehead atoms. The second kappa shape index (κ2) is 5.43. The van der Waals surface area contributed by atoms with Crippen LogP contribution in [0.2, 0.25) is 0 Å². The summed E-state index contributed by atoms with van der Waals surface area (Å²) in [5.74, 6) is 0.672. The summed E-state index contributed by atoms with van der Waals surface area (Å²) >= 11 is 0. The molecule has 0 saturated carbocycles. The first-order valence-electron chi connectivity index (χ1n) is 7.42. The van der Waals surface area contributed by atoms with E-state index in [2.05, 4.69) is 48.9 Å². The van der Waals surface area contributed by atoms with E-state index in [9.17, 15) is 0 Å². The highest BCUT2D eigenvalue weighted by molar-refractivity contribution is 5.15. The Hall–Kier alpha value is -0.830. The lowest BCUT2D eigenvalue weighted by Gasteiger charge is -2.34. The van der Waals surface area contributed by atoms with Crippen molar-refractivity contribution in [3.05, 3.63) is 17.5 Å². The zero-order valence-corrected chi connectivity index (χ0v) is 12.3. The van der Waals surface area contributed by atoms with E-state index < -0.39 is 0 Å². The van der Waals surface area contributed by atoms with Gasteiger partial charge in [0.05, 0.1) is 5.69 Å². The van der Waals surface area contributed by atoms with E-state index in [1.165, 1.54) is 30.8 Å². The van der Waals surface area contributed by atoms with Crippen molar-refractivity contribution in [1.82, 2.24) is 15.1 Å². The van der Waals surface area contributed by atoms with Crippen LogP contribution in [-0.4, -0.2) is 21.9 Å². The van der Waals surface area contributed by atoms with Gasteiger partial charge in [-0.25, -0.2) is 0 Å². The fraction of sp³-hybridized carbons (Fsp3) is 0.800. The molecule has 1 aromatic heterocycles. The summed E-state index contributed by atoms with van der Waals surface area (Å²) in [6.07, 6.45) is 4.74. The Bertz CT molecular complexity index is 386. The van der Waals surface area contributed by atoms with Crippen LogP contribution in [0.5, 0.6) is 0 Å². The lowest BCUT2D eigenvalue weighted by molar-refractivity contribution is 0.263. The summed E-state index contributed by atoms with van der Waals surface area (Å²) in [6, 6.07) is 2.30. The summed E-state index contributed by atoms with van der Waals surface area (Å²) in [6.45, 7) is 11.2. The quantitative estimate of drug-likeness (QED) is 0.869. The zero-order chi connectivity index (χ0) is 13.2. The minimum Gasteiger partial charge on any atom is -0.311 e. The molecule has 1 aliphatic heterocycles. The van der Waals surface area contributed by atoms with Crippen molar-refractivity contribution < 1.29 is 0 Å². The number of nitrogens with one attached hydrogen (secondary N) is 1. The topological polar surface area (TPSA) is 29.9 Å². The van der Waals surface area contributed by atoms with Gasteiger partial charge in [0.15, 0.2) is 0 Å². The molecule has 1 fully saturated rings. The molecule has 1 unspecified atom stereocenters. The summed E-state index contributed by atoms with van der Waals surface area (Å²) < 4.78 is 2.18. The molecule has 3 nitrogen and oxygen atoms in total. The lowest BCUT2D eigenvalue weighted by atomic mass is 9.81. The molecule has 2 heterocycles. The molecule has 0 spiro atoms. The Kier molecular flexibility index (Phi) is 4.10. The van der Waals surface area contributed by atoms with Gasteiger partial charge in [0.2, 0.25) is 0 Å². The Morgan fingerprint density at radius 3 is 2.72 bits per heavy atom. The van der Waals surface area contributed by atoms with Crippen LogP contribution < -0.4 is 5.32 Å².